The van der Waals surface area contributed by atoms with Crippen LogP contribution in [0.25, 0.3) is 0 Å². The topological polar surface area (TPSA) is 66.4 Å². The Hall–Kier alpha value is -1.69. The molecule has 0 saturated carbocycles. The number of benzene rings is 2. The molecule has 2 rings (SSSR count). The van der Waals surface area contributed by atoms with E-state index in [9.17, 15) is 8.42 Å². The Morgan fingerprint density at radius 3 is 2.48 bits per heavy atom. The average Bonchev–Trinajstić information content (AvgIpc) is 2.48. The molecule has 4 nitrogen and oxygen atoms in total. The van der Waals surface area contributed by atoms with E-state index in [1.807, 2.05) is 19.1 Å². The molecule has 112 valence electrons. The molecule has 0 unspecified atom stereocenters. The van der Waals surface area contributed by atoms with Crippen molar-refractivity contribution >= 4 is 10.0 Å². The van der Waals surface area contributed by atoms with Crippen LogP contribution in [0.15, 0.2) is 47.4 Å². The van der Waals surface area contributed by atoms with E-state index in [0.29, 0.717) is 4.90 Å². The van der Waals surface area contributed by atoms with Gasteiger partial charge in [-0.25, -0.2) is 13.1 Å². The van der Waals surface area contributed by atoms with Gasteiger partial charge in [0.25, 0.3) is 0 Å². The molecule has 0 spiro atoms. The van der Waals surface area contributed by atoms with Gasteiger partial charge in [0.2, 0.25) is 10.0 Å². The fourth-order valence-corrected chi connectivity index (χ4v) is 3.44. The molecule has 2 aromatic rings. The molecule has 0 saturated heterocycles. The van der Waals surface area contributed by atoms with E-state index < -0.39 is 10.0 Å². The largest absolute Gasteiger partial charge is 0.392 e. The van der Waals surface area contributed by atoms with Crippen molar-refractivity contribution in [2.24, 2.45) is 0 Å². The summed E-state index contributed by atoms with van der Waals surface area (Å²) in [7, 11) is -3.54. The van der Waals surface area contributed by atoms with E-state index in [0.717, 1.165) is 22.3 Å². The molecule has 5 heteroatoms. The van der Waals surface area contributed by atoms with E-state index in [1.165, 1.54) is 0 Å². The molecule has 0 radical (unpaired) electrons. The minimum Gasteiger partial charge on any atom is -0.392 e. The second-order valence-electron chi connectivity index (χ2n) is 5.07. The number of hydrogen-bond donors (Lipinski definition) is 2. The van der Waals surface area contributed by atoms with Gasteiger partial charge in [-0.2, -0.15) is 0 Å². The Bertz CT molecular complexity index is 739. The predicted molar refractivity (Wildman–Crippen MR) is 82.3 cm³/mol. The van der Waals surface area contributed by atoms with Gasteiger partial charge in [-0.05, 0) is 42.2 Å². The lowest BCUT2D eigenvalue weighted by atomic mass is 10.1. The zero-order valence-electron chi connectivity index (χ0n) is 12.1. The van der Waals surface area contributed by atoms with Crippen LogP contribution in [0.5, 0.6) is 0 Å². The number of nitrogens with one attached hydrogen (secondary N) is 1. The molecule has 0 amide bonds. The minimum atomic E-state index is -3.54. The third kappa shape index (κ3) is 3.91. The second-order valence-corrected chi connectivity index (χ2v) is 6.81. The van der Waals surface area contributed by atoms with Crippen molar-refractivity contribution in [3.05, 3.63) is 64.7 Å². The maximum Gasteiger partial charge on any atom is 0.241 e. The number of aryl methyl sites for hydroxylation is 2. The van der Waals surface area contributed by atoms with Crippen LogP contribution in [-0.2, 0) is 23.2 Å². The van der Waals surface area contributed by atoms with Crippen LogP contribution in [0.2, 0.25) is 0 Å². The molecule has 2 aromatic carbocycles. The van der Waals surface area contributed by atoms with Gasteiger partial charge in [-0.15, -0.1) is 0 Å². The van der Waals surface area contributed by atoms with E-state index in [-0.39, 0.29) is 13.2 Å². The first-order valence-corrected chi connectivity index (χ1v) is 8.16. The zero-order valence-corrected chi connectivity index (χ0v) is 12.9. The van der Waals surface area contributed by atoms with E-state index in [4.69, 9.17) is 5.11 Å². The molecular weight excluding hydrogens is 286 g/mol. The van der Waals surface area contributed by atoms with Crippen LogP contribution in [0.1, 0.15) is 22.3 Å². The first-order valence-electron chi connectivity index (χ1n) is 6.68. The monoisotopic (exact) mass is 305 g/mol. The molecular formula is C16H19NO3S. The van der Waals surface area contributed by atoms with Crippen LogP contribution in [0.3, 0.4) is 0 Å². The second kappa shape index (κ2) is 6.39. The zero-order chi connectivity index (χ0) is 15.5. The molecule has 2 N–H and O–H groups in total. The van der Waals surface area contributed by atoms with Crippen molar-refractivity contribution in [2.45, 2.75) is 31.9 Å². The number of hydrogen-bond acceptors (Lipinski definition) is 3. The Labute approximate surface area is 125 Å². The summed E-state index contributed by atoms with van der Waals surface area (Å²) in [5.41, 5.74) is 3.20. The molecule has 0 atom stereocenters. The summed E-state index contributed by atoms with van der Waals surface area (Å²) >= 11 is 0. The van der Waals surface area contributed by atoms with Gasteiger partial charge in [-0.1, -0.05) is 36.4 Å². The van der Waals surface area contributed by atoms with Crippen molar-refractivity contribution in [3.8, 4) is 0 Å². The van der Waals surface area contributed by atoms with E-state index in [2.05, 4.69) is 4.72 Å². The standard InChI is InChI=1S/C16H19NO3S/c1-12-6-7-13(2)16(8-12)21(19,20)17-10-14-4-3-5-15(9-14)11-18/h3-9,17-18H,10-11H2,1-2H3. The van der Waals surface area contributed by atoms with Gasteiger partial charge >= 0.3 is 0 Å². The maximum atomic E-state index is 12.4. The lowest BCUT2D eigenvalue weighted by Crippen LogP contribution is -2.24. The third-order valence-electron chi connectivity index (χ3n) is 3.27. The summed E-state index contributed by atoms with van der Waals surface area (Å²) in [6.07, 6.45) is 0. The van der Waals surface area contributed by atoms with E-state index in [1.54, 1.807) is 37.3 Å². The normalized spacial score (nSPS) is 11.6. The summed E-state index contributed by atoms with van der Waals surface area (Å²) in [5.74, 6) is 0. The summed E-state index contributed by atoms with van der Waals surface area (Å²) in [6, 6.07) is 12.6. The fraction of sp³-hybridized carbons (Fsp3) is 0.250. The Morgan fingerprint density at radius 1 is 1.05 bits per heavy atom. The quantitative estimate of drug-likeness (QED) is 0.890. The van der Waals surface area contributed by atoms with Crippen LogP contribution < -0.4 is 4.72 Å². The summed E-state index contributed by atoms with van der Waals surface area (Å²) in [5, 5.41) is 9.10. The molecule has 21 heavy (non-hydrogen) atoms. The Balaban J connectivity index is 2.19. The lowest BCUT2D eigenvalue weighted by molar-refractivity contribution is 0.281. The highest BCUT2D eigenvalue weighted by Gasteiger charge is 2.16. The number of rotatable bonds is 5. The Kier molecular flexibility index (Phi) is 4.77. The summed E-state index contributed by atoms with van der Waals surface area (Å²) in [4.78, 5) is 0.306. The van der Waals surface area contributed by atoms with Gasteiger partial charge in [0.05, 0.1) is 11.5 Å². The highest BCUT2D eigenvalue weighted by Crippen LogP contribution is 2.17. The lowest BCUT2D eigenvalue weighted by Gasteiger charge is -2.10. The number of aliphatic hydroxyl groups is 1. The molecule has 0 aliphatic carbocycles. The van der Waals surface area contributed by atoms with Crippen molar-refractivity contribution in [3.63, 3.8) is 0 Å². The summed E-state index contributed by atoms with van der Waals surface area (Å²) in [6.45, 7) is 3.78. The highest BCUT2D eigenvalue weighted by atomic mass is 32.2. The van der Waals surface area contributed by atoms with E-state index >= 15 is 0 Å². The number of sulfonamides is 1. The smallest absolute Gasteiger partial charge is 0.241 e. The van der Waals surface area contributed by atoms with Crippen LogP contribution in [-0.4, -0.2) is 13.5 Å². The molecule has 0 aromatic heterocycles. The van der Waals surface area contributed by atoms with Crippen LogP contribution in [0, 0.1) is 13.8 Å². The molecule has 0 heterocycles. The Morgan fingerprint density at radius 2 is 1.76 bits per heavy atom. The molecule has 0 aliphatic heterocycles. The van der Waals surface area contributed by atoms with Gasteiger partial charge in [-0.3, -0.25) is 0 Å². The molecule has 0 aliphatic rings. The number of aliphatic hydroxyl groups excluding tert-OH is 1. The van der Waals surface area contributed by atoms with Gasteiger partial charge < -0.3 is 5.11 Å². The predicted octanol–water partition coefficient (Wildman–Crippen LogP) is 2.27. The molecule has 0 bridgehead atoms. The van der Waals surface area contributed by atoms with Gasteiger partial charge in [0.1, 0.15) is 0 Å². The third-order valence-corrected chi connectivity index (χ3v) is 4.82. The average molecular weight is 305 g/mol. The van der Waals surface area contributed by atoms with Gasteiger partial charge in [0.15, 0.2) is 0 Å². The van der Waals surface area contributed by atoms with Crippen LogP contribution in [0.4, 0.5) is 0 Å². The minimum absolute atomic E-state index is 0.0580. The summed E-state index contributed by atoms with van der Waals surface area (Å²) < 4.78 is 27.3. The van der Waals surface area contributed by atoms with Crippen molar-refractivity contribution in [1.82, 2.24) is 4.72 Å². The maximum absolute atomic E-state index is 12.4. The SMILES string of the molecule is Cc1ccc(C)c(S(=O)(=O)NCc2cccc(CO)c2)c1. The molecule has 0 fully saturated rings. The van der Waals surface area contributed by atoms with Crippen LogP contribution >= 0.6 is 0 Å². The van der Waals surface area contributed by atoms with Crippen molar-refractivity contribution in [1.29, 1.82) is 0 Å². The fourth-order valence-electron chi connectivity index (χ4n) is 2.09. The first-order chi connectivity index (χ1) is 9.92. The van der Waals surface area contributed by atoms with Crippen molar-refractivity contribution in [2.75, 3.05) is 0 Å². The van der Waals surface area contributed by atoms with Gasteiger partial charge in [0, 0.05) is 6.54 Å². The van der Waals surface area contributed by atoms with Crippen molar-refractivity contribution < 1.29 is 13.5 Å². The highest BCUT2D eigenvalue weighted by molar-refractivity contribution is 7.89. The first kappa shape index (κ1) is 15.7.